The van der Waals surface area contributed by atoms with Crippen LogP contribution < -0.4 is 5.32 Å². The van der Waals surface area contributed by atoms with E-state index in [2.05, 4.69) is 38.2 Å². The fourth-order valence-corrected chi connectivity index (χ4v) is 0.863. The predicted molar refractivity (Wildman–Crippen MR) is 56.9 cm³/mol. The van der Waals surface area contributed by atoms with Gasteiger partial charge in [-0.2, -0.15) is 0 Å². The SMILES string of the molecule is CC(O)CCNCC(C)(C)N(C)C. The van der Waals surface area contributed by atoms with E-state index < -0.39 is 0 Å². The Balaban J connectivity index is 3.52. The van der Waals surface area contributed by atoms with E-state index in [0.717, 1.165) is 19.5 Å². The van der Waals surface area contributed by atoms with Gasteiger partial charge in [0, 0.05) is 12.1 Å². The van der Waals surface area contributed by atoms with Crippen LogP contribution in [-0.4, -0.2) is 48.8 Å². The van der Waals surface area contributed by atoms with E-state index in [9.17, 15) is 0 Å². The predicted octanol–water partition coefficient (Wildman–Crippen LogP) is 0.687. The molecule has 0 aliphatic carbocycles. The van der Waals surface area contributed by atoms with Gasteiger partial charge in [-0.15, -0.1) is 0 Å². The lowest BCUT2D eigenvalue weighted by molar-refractivity contribution is 0.169. The number of likely N-dealkylation sites (N-methyl/N-ethyl adjacent to an activating group) is 1. The van der Waals surface area contributed by atoms with Crippen molar-refractivity contribution >= 4 is 0 Å². The summed E-state index contributed by atoms with van der Waals surface area (Å²) < 4.78 is 0. The Hall–Kier alpha value is -0.120. The van der Waals surface area contributed by atoms with Crippen molar-refractivity contribution < 1.29 is 5.11 Å². The van der Waals surface area contributed by atoms with Gasteiger partial charge >= 0.3 is 0 Å². The molecule has 0 aliphatic heterocycles. The maximum atomic E-state index is 9.04. The first-order valence-electron chi connectivity index (χ1n) is 4.92. The van der Waals surface area contributed by atoms with Crippen LogP contribution in [0.2, 0.25) is 0 Å². The van der Waals surface area contributed by atoms with Crippen LogP contribution in [0.5, 0.6) is 0 Å². The van der Waals surface area contributed by atoms with Gasteiger partial charge in [-0.05, 0) is 47.8 Å². The summed E-state index contributed by atoms with van der Waals surface area (Å²) in [5.41, 5.74) is 0.179. The van der Waals surface area contributed by atoms with Crippen molar-refractivity contribution in [3.05, 3.63) is 0 Å². The fourth-order valence-electron chi connectivity index (χ4n) is 0.863. The summed E-state index contributed by atoms with van der Waals surface area (Å²) in [6.45, 7) is 8.05. The Morgan fingerprint density at radius 3 is 2.31 bits per heavy atom. The van der Waals surface area contributed by atoms with Crippen LogP contribution >= 0.6 is 0 Å². The van der Waals surface area contributed by atoms with Crippen molar-refractivity contribution in [2.75, 3.05) is 27.2 Å². The Morgan fingerprint density at radius 2 is 1.92 bits per heavy atom. The summed E-state index contributed by atoms with van der Waals surface area (Å²) in [7, 11) is 4.16. The molecule has 0 radical (unpaired) electrons. The number of aliphatic hydroxyl groups is 1. The molecule has 0 aromatic rings. The first-order valence-corrected chi connectivity index (χ1v) is 4.92. The minimum Gasteiger partial charge on any atom is -0.393 e. The molecule has 80 valence electrons. The molecule has 13 heavy (non-hydrogen) atoms. The topological polar surface area (TPSA) is 35.5 Å². The molecule has 0 aromatic heterocycles. The molecule has 0 aliphatic rings. The van der Waals surface area contributed by atoms with Gasteiger partial charge in [0.25, 0.3) is 0 Å². The number of hydrogen-bond donors (Lipinski definition) is 2. The minimum atomic E-state index is -0.199. The summed E-state index contributed by atoms with van der Waals surface area (Å²) in [6, 6.07) is 0. The van der Waals surface area contributed by atoms with Gasteiger partial charge in [-0.25, -0.2) is 0 Å². The lowest BCUT2D eigenvalue weighted by atomic mass is 10.0. The van der Waals surface area contributed by atoms with E-state index >= 15 is 0 Å². The number of rotatable bonds is 6. The zero-order chi connectivity index (χ0) is 10.5. The molecule has 3 nitrogen and oxygen atoms in total. The first kappa shape index (κ1) is 12.9. The van der Waals surface area contributed by atoms with Crippen molar-refractivity contribution in [1.29, 1.82) is 0 Å². The molecule has 0 rings (SSSR count). The smallest absolute Gasteiger partial charge is 0.0524 e. The van der Waals surface area contributed by atoms with Crippen LogP contribution in [0.3, 0.4) is 0 Å². The van der Waals surface area contributed by atoms with Crippen LogP contribution in [0.4, 0.5) is 0 Å². The number of nitrogens with one attached hydrogen (secondary N) is 1. The minimum absolute atomic E-state index is 0.179. The lowest BCUT2D eigenvalue weighted by Gasteiger charge is -2.32. The molecule has 0 saturated heterocycles. The number of nitrogens with zero attached hydrogens (tertiary/aromatic N) is 1. The third-order valence-corrected chi connectivity index (χ3v) is 2.51. The second-order valence-electron chi connectivity index (χ2n) is 4.52. The Labute approximate surface area is 82.1 Å². The summed E-state index contributed by atoms with van der Waals surface area (Å²) in [5.74, 6) is 0. The van der Waals surface area contributed by atoms with Crippen LogP contribution in [0, 0.1) is 0 Å². The quantitative estimate of drug-likeness (QED) is 0.602. The normalized spacial score (nSPS) is 15.0. The van der Waals surface area contributed by atoms with E-state index in [0.29, 0.717) is 0 Å². The lowest BCUT2D eigenvalue weighted by Crippen LogP contribution is -2.47. The average molecular weight is 188 g/mol. The molecule has 3 heteroatoms. The molecule has 0 saturated carbocycles. The molecular formula is C10H24N2O. The largest absolute Gasteiger partial charge is 0.393 e. The van der Waals surface area contributed by atoms with E-state index in [4.69, 9.17) is 5.11 Å². The highest BCUT2D eigenvalue weighted by molar-refractivity contribution is 4.79. The molecule has 2 N–H and O–H groups in total. The monoisotopic (exact) mass is 188 g/mol. The third-order valence-electron chi connectivity index (χ3n) is 2.51. The molecule has 0 spiro atoms. The third kappa shape index (κ3) is 6.02. The molecule has 0 fully saturated rings. The van der Waals surface area contributed by atoms with E-state index in [1.54, 1.807) is 0 Å². The van der Waals surface area contributed by atoms with E-state index in [1.807, 2.05) is 6.92 Å². The highest BCUT2D eigenvalue weighted by atomic mass is 16.3. The van der Waals surface area contributed by atoms with Crippen molar-refractivity contribution in [3.63, 3.8) is 0 Å². The van der Waals surface area contributed by atoms with Gasteiger partial charge in [0.15, 0.2) is 0 Å². The van der Waals surface area contributed by atoms with Gasteiger partial charge in [-0.3, -0.25) is 0 Å². The molecule has 1 unspecified atom stereocenters. The maximum Gasteiger partial charge on any atom is 0.0524 e. The Bertz CT molecular complexity index is 133. The molecule has 0 aromatic carbocycles. The van der Waals surface area contributed by atoms with Gasteiger partial charge in [-0.1, -0.05) is 0 Å². The van der Waals surface area contributed by atoms with Crippen molar-refractivity contribution in [2.45, 2.75) is 38.8 Å². The van der Waals surface area contributed by atoms with Crippen LogP contribution in [0.25, 0.3) is 0 Å². The van der Waals surface area contributed by atoms with Crippen LogP contribution in [-0.2, 0) is 0 Å². The summed E-state index contributed by atoms with van der Waals surface area (Å²) >= 11 is 0. The zero-order valence-electron chi connectivity index (χ0n) is 9.59. The zero-order valence-corrected chi connectivity index (χ0v) is 9.59. The van der Waals surface area contributed by atoms with Crippen molar-refractivity contribution in [3.8, 4) is 0 Å². The van der Waals surface area contributed by atoms with E-state index in [1.165, 1.54) is 0 Å². The summed E-state index contributed by atoms with van der Waals surface area (Å²) in [4.78, 5) is 2.20. The molecule has 0 amide bonds. The maximum absolute atomic E-state index is 9.04. The van der Waals surface area contributed by atoms with Gasteiger partial charge < -0.3 is 15.3 Å². The van der Waals surface area contributed by atoms with Gasteiger partial charge in [0.2, 0.25) is 0 Å². The Kier molecular flexibility index (Phi) is 5.53. The fraction of sp³-hybridized carbons (Fsp3) is 1.00. The highest BCUT2D eigenvalue weighted by Gasteiger charge is 2.19. The molecule has 1 atom stereocenters. The van der Waals surface area contributed by atoms with Crippen molar-refractivity contribution in [1.82, 2.24) is 10.2 Å². The van der Waals surface area contributed by atoms with E-state index in [-0.39, 0.29) is 11.6 Å². The average Bonchev–Trinajstić information content (AvgIpc) is 1.97. The molecule has 0 bridgehead atoms. The highest BCUT2D eigenvalue weighted by Crippen LogP contribution is 2.07. The van der Waals surface area contributed by atoms with Crippen LogP contribution in [0.1, 0.15) is 27.2 Å². The van der Waals surface area contributed by atoms with Gasteiger partial charge in [0.1, 0.15) is 0 Å². The Morgan fingerprint density at radius 1 is 1.38 bits per heavy atom. The first-order chi connectivity index (χ1) is 5.86. The number of hydrogen-bond acceptors (Lipinski definition) is 3. The van der Waals surface area contributed by atoms with Crippen LogP contribution in [0.15, 0.2) is 0 Å². The standard InChI is InChI=1S/C10H24N2O/c1-9(13)6-7-11-8-10(2,3)12(4)5/h9,11,13H,6-8H2,1-5H3. The van der Waals surface area contributed by atoms with Crippen molar-refractivity contribution in [2.24, 2.45) is 0 Å². The second-order valence-corrected chi connectivity index (χ2v) is 4.52. The summed E-state index contributed by atoms with van der Waals surface area (Å²) in [5, 5.41) is 12.4. The van der Waals surface area contributed by atoms with Gasteiger partial charge in [0.05, 0.1) is 6.10 Å². The molecular weight excluding hydrogens is 164 g/mol. The summed E-state index contributed by atoms with van der Waals surface area (Å²) in [6.07, 6.45) is 0.624. The number of aliphatic hydroxyl groups excluding tert-OH is 1. The second kappa shape index (κ2) is 5.58. The molecule has 0 heterocycles.